The number of hydrogen-bond acceptors (Lipinski definition) is 9. The summed E-state index contributed by atoms with van der Waals surface area (Å²) in [5.74, 6) is 0.262. The molecule has 214 valence electrons. The third-order valence-electron chi connectivity index (χ3n) is 7.52. The number of rotatable bonds is 10. The lowest BCUT2D eigenvalue weighted by molar-refractivity contribution is -0.118. The first-order valence-corrected chi connectivity index (χ1v) is 15.4. The van der Waals surface area contributed by atoms with E-state index in [4.69, 9.17) is 9.73 Å². The number of nitrogens with zero attached hydrogens (tertiary/aromatic N) is 6. The van der Waals surface area contributed by atoms with Gasteiger partial charge in [0.15, 0.2) is 5.84 Å². The van der Waals surface area contributed by atoms with E-state index >= 15 is 0 Å². The lowest BCUT2D eigenvalue weighted by atomic mass is 10.0. The zero-order valence-electron chi connectivity index (χ0n) is 23.3. The second-order valence-electron chi connectivity index (χ2n) is 10.1. The normalized spacial score (nSPS) is 22.6. The summed E-state index contributed by atoms with van der Waals surface area (Å²) in [6.07, 6.45) is 3.23. The number of sulfonamides is 1. The number of carbonyl (C=O) groups excluding carboxylic acids is 1. The number of amides is 1. The Morgan fingerprint density at radius 2 is 1.85 bits per heavy atom. The van der Waals surface area contributed by atoms with Crippen LogP contribution in [0.4, 0.5) is 0 Å². The Hall–Kier alpha value is -3.03. The lowest BCUT2D eigenvalue weighted by Gasteiger charge is -2.33. The molecule has 3 aliphatic rings. The molecule has 12 heteroatoms. The minimum Gasteiger partial charge on any atom is -0.493 e. The van der Waals surface area contributed by atoms with Crippen molar-refractivity contribution in [1.29, 1.82) is 0 Å². The van der Waals surface area contributed by atoms with E-state index in [2.05, 4.69) is 27.2 Å². The number of carbonyl (C=O) groups is 1. The Bertz CT molecular complexity index is 1390. The van der Waals surface area contributed by atoms with Crippen LogP contribution in [-0.2, 0) is 21.4 Å². The van der Waals surface area contributed by atoms with Crippen LogP contribution >= 0.6 is 0 Å². The molecule has 2 aromatic rings. The van der Waals surface area contributed by atoms with Crippen molar-refractivity contribution < 1.29 is 17.9 Å². The Balaban J connectivity index is 1.48. The van der Waals surface area contributed by atoms with Crippen LogP contribution in [0.15, 0.2) is 57.5 Å². The molecule has 3 aliphatic heterocycles. The third-order valence-corrected chi connectivity index (χ3v) is 9.42. The number of amidine groups is 1. The smallest absolute Gasteiger partial charge is 0.272 e. The average molecular weight is 568 g/mol. The number of hydrazine groups is 1. The van der Waals surface area contributed by atoms with E-state index in [1.165, 1.54) is 4.31 Å². The number of likely N-dealkylation sites (N-methyl/N-ethyl adjacent to an activating group) is 1. The van der Waals surface area contributed by atoms with E-state index in [9.17, 15) is 13.2 Å². The Morgan fingerprint density at radius 3 is 2.52 bits per heavy atom. The molecule has 0 radical (unpaired) electrons. The van der Waals surface area contributed by atoms with E-state index in [1.807, 2.05) is 37.1 Å². The van der Waals surface area contributed by atoms with E-state index in [0.717, 1.165) is 18.7 Å². The number of nitrogens with one attached hydrogen (secondary N) is 1. The van der Waals surface area contributed by atoms with E-state index in [0.29, 0.717) is 62.8 Å². The molecule has 11 nitrogen and oxygen atoms in total. The summed E-state index contributed by atoms with van der Waals surface area (Å²) in [6, 6.07) is 9.69. The number of pyridine rings is 1. The zero-order chi connectivity index (χ0) is 28.3. The van der Waals surface area contributed by atoms with Crippen molar-refractivity contribution in [3.63, 3.8) is 0 Å². The molecule has 1 aromatic carbocycles. The van der Waals surface area contributed by atoms with Crippen LogP contribution in [0.5, 0.6) is 5.75 Å². The molecule has 0 bridgehead atoms. The van der Waals surface area contributed by atoms with Gasteiger partial charge in [0.1, 0.15) is 11.8 Å². The molecule has 1 N–H and O–H groups in total. The lowest BCUT2D eigenvalue weighted by Crippen LogP contribution is -2.48. The van der Waals surface area contributed by atoms with Crippen LogP contribution < -0.4 is 10.2 Å². The summed E-state index contributed by atoms with van der Waals surface area (Å²) in [4.78, 5) is 29.3. The fourth-order valence-electron chi connectivity index (χ4n) is 5.30. The highest BCUT2D eigenvalue weighted by atomic mass is 32.2. The van der Waals surface area contributed by atoms with Gasteiger partial charge >= 0.3 is 0 Å². The van der Waals surface area contributed by atoms with Gasteiger partial charge in [-0.3, -0.25) is 9.78 Å². The summed E-state index contributed by atoms with van der Waals surface area (Å²) in [5.41, 5.74) is 5.21. The van der Waals surface area contributed by atoms with E-state index in [1.54, 1.807) is 24.4 Å². The maximum Gasteiger partial charge on any atom is 0.272 e. The number of aliphatic imine (C=N–C) groups is 2. The first-order valence-electron chi connectivity index (χ1n) is 14.0. The molecule has 40 heavy (non-hydrogen) atoms. The van der Waals surface area contributed by atoms with Crippen LogP contribution in [0.1, 0.15) is 44.9 Å². The molecule has 1 amide bonds. The van der Waals surface area contributed by atoms with E-state index < -0.39 is 16.1 Å². The minimum absolute atomic E-state index is 0.141. The van der Waals surface area contributed by atoms with Crippen molar-refractivity contribution in [1.82, 2.24) is 24.6 Å². The van der Waals surface area contributed by atoms with Crippen molar-refractivity contribution in [2.45, 2.75) is 57.1 Å². The molecule has 0 saturated carbocycles. The van der Waals surface area contributed by atoms with Crippen molar-refractivity contribution >= 4 is 27.5 Å². The molecule has 5 rings (SSSR count). The standard InChI is InChI=1S/C28H37N7O4S/c1-4-17-39-24-11-10-21(40(37,38)34-15-13-33(6-3)14-16-34)18-22(24)27-30-25-23(5-2)35(32-26(25)28(36)31-27)19-20-9-7-8-12-29-20/h7-12,18,23,26,32H,4-6,13-17,19H2,1-3H3. The van der Waals surface area contributed by atoms with Crippen molar-refractivity contribution in [2.24, 2.45) is 9.98 Å². The molecular weight excluding hydrogens is 530 g/mol. The van der Waals surface area contributed by atoms with Crippen LogP contribution in [0.2, 0.25) is 0 Å². The third kappa shape index (κ3) is 5.72. The topological polar surface area (TPSA) is 120 Å². The van der Waals surface area contributed by atoms with Gasteiger partial charge < -0.3 is 9.64 Å². The fourth-order valence-corrected chi connectivity index (χ4v) is 6.75. The first-order chi connectivity index (χ1) is 19.3. The second kappa shape index (κ2) is 12.2. The maximum absolute atomic E-state index is 13.6. The van der Waals surface area contributed by atoms with Crippen molar-refractivity contribution in [3.05, 3.63) is 53.9 Å². The van der Waals surface area contributed by atoms with Gasteiger partial charge in [0.05, 0.1) is 41.1 Å². The summed E-state index contributed by atoms with van der Waals surface area (Å²) >= 11 is 0. The van der Waals surface area contributed by atoms with Gasteiger partial charge in [-0.15, -0.1) is 0 Å². The van der Waals surface area contributed by atoms with Gasteiger partial charge in [-0.2, -0.15) is 9.30 Å². The number of aromatic nitrogens is 1. The number of benzene rings is 1. The molecule has 2 saturated heterocycles. The van der Waals surface area contributed by atoms with E-state index in [-0.39, 0.29) is 22.7 Å². The molecule has 2 atom stereocenters. The van der Waals surface area contributed by atoms with Crippen LogP contribution in [-0.4, -0.2) is 96.5 Å². The van der Waals surface area contributed by atoms with Gasteiger partial charge in [-0.05, 0) is 49.7 Å². The molecule has 1 aromatic heterocycles. The first kappa shape index (κ1) is 28.5. The predicted molar refractivity (Wildman–Crippen MR) is 153 cm³/mol. The quantitative estimate of drug-likeness (QED) is 0.464. The number of fused-ring (bicyclic) bond motifs is 1. The van der Waals surface area contributed by atoms with Crippen LogP contribution in [0, 0.1) is 0 Å². The molecule has 2 unspecified atom stereocenters. The highest BCUT2D eigenvalue weighted by Crippen LogP contribution is 2.30. The average Bonchev–Trinajstić information content (AvgIpc) is 3.33. The van der Waals surface area contributed by atoms with Gasteiger partial charge in [-0.25, -0.2) is 23.8 Å². The summed E-state index contributed by atoms with van der Waals surface area (Å²) < 4.78 is 34.7. The number of ether oxygens (including phenoxy) is 1. The number of hydrogen-bond donors (Lipinski definition) is 1. The fraction of sp³-hybridized carbons (Fsp3) is 0.500. The summed E-state index contributed by atoms with van der Waals surface area (Å²) in [6.45, 7) is 10.2. The predicted octanol–water partition coefficient (Wildman–Crippen LogP) is 2.09. The highest BCUT2D eigenvalue weighted by Gasteiger charge is 2.44. The van der Waals surface area contributed by atoms with Crippen molar-refractivity contribution in [2.75, 3.05) is 39.3 Å². The molecular formula is C28H37N7O4S. The Kier molecular flexibility index (Phi) is 8.71. The molecule has 2 fully saturated rings. The molecule has 4 heterocycles. The Morgan fingerprint density at radius 1 is 1.05 bits per heavy atom. The van der Waals surface area contributed by atoms with Gasteiger partial charge in [0.25, 0.3) is 5.91 Å². The number of piperazine rings is 1. The van der Waals surface area contributed by atoms with Crippen molar-refractivity contribution in [3.8, 4) is 5.75 Å². The highest BCUT2D eigenvalue weighted by molar-refractivity contribution is 7.89. The molecule has 0 aliphatic carbocycles. The minimum atomic E-state index is -3.75. The monoisotopic (exact) mass is 567 g/mol. The summed E-state index contributed by atoms with van der Waals surface area (Å²) in [5, 5.41) is 1.98. The Labute approximate surface area is 236 Å². The van der Waals surface area contributed by atoms with Gasteiger partial charge in [0, 0.05) is 32.4 Å². The second-order valence-corrected chi connectivity index (χ2v) is 12.0. The van der Waals surface area contributed by atoms with Gasteiger partial charge in [-0.1, -0.05) is 26.8 Å². The summed E-state index contributed by atoms with van der Waals surface area (Å²) in [7, 11) is -3.75. The SMILES string of the molecule is CCCOc1ccc(S(=O)(=O)N2CCN(CC)CC2)cc1C1=NC(=O)C2NN(Cc3ccccn3)C(CC)C2=N1. The zero-order valence-corrected chi connectivity index (χ0v) is 24.1. The van der Waals surface area contributed by atoms with Gasteiger partial charge in [0.2, 0.25) is 10.0 Å². The van der Waals surface area contributed by atoms with Crippen LogP contribution in [0.25, 0.3) is 0 Å². The maximum atomic E-state index is 13.6. The largest absolute Gasteiger partial charge is 0.493 e. The molecule has 0 spiro atoms. The van der Waals surface area contributed by atoms with Crippen LogP contribution in [0.3, 0.4) is 0 Å².